The van der Waals surface area contributed by atoms with Crippen LogP contribution in [0.5, 0.6) is 0 Å². The van der Waals surface area contributed by atoms with E-state index < -0.39 is 10.0 Å². The number of sulfonamides is 1. The number of benzene rings is 2. The van der Waals surface area contributed by atoms with E-state index in [1.165, 1.54) is 15.6 Å². The molecule has 1 saturated heterocycles. The number of amides is 1. The Kier molecular flexibility index (Phi) is 7.84. The first-order valence-corrected chi connectivity index (χ1v) is 13.7. The van der Waals surface area contributed by atoms with Gasteiger partial charge in [-0.25, -0.2) is 12.7 Å². The van der Waals surface area contributed by atoms with Crippen LogP contribution < -0.4 is 10.2 Å². The zero-order chi connectivity index (χ0) is 23.4. The Hall–Kier alpha value is -1.80. The van der Waals surface area contributed by atoms with Gasteiger partial charge in [-0.15, -0.1) is 0 Å². The lowest BCUT2D eigenvalue weighted by Gasteiger charge is -2.30. The molecule has 33 heavy (non-hydrogen) atoms. The zero-order valence-corrected chi connectivity index (χ0v) is 20.8. The molecular weight excluding hydrogens is 481 g/mol. The van der Waals surface area contributed by atoms with E-state index in [4.69, 9.17) is 23.2 Å². The number of piperidine rings is 1. The van der Waals surface area contributed by atoms with Gasteiger partial charge in [-0.3, -0.25) is 4.79 Å². The molecule has 1 amide bonds. The number of anilines is 1. The summed E-state index contributed by atoms with van der Waals surface area (Å²) in [5.41, 5.74) is 3.22. The molecule has 178 valence electrons. The molecule has 0 aromatic heterocycles. The van der Waals surface area contributed by atoms with E-state index in [1.807, 2.05) is 0 Å². The first-order chi connectivity index (χ1) is 15.8. The van der Waals surface area contributed by atoms with Crippen molar-refractivity contribution in [1.29, 1.82) is 0 Å². The maximum atomic E-state index is 12.8. The highest BCUT2D eigenvalue weighted by Crippen LogP contribution is 2.28. The molecule has 0 saturated carbocycles. The van der Waals surface area contributed by atoms with Crippen molar-refractivity contribution in [2.24, 2.45) is 5.92 Å². The highest BCUT2D eigenvalue weighted by atomic mass is 35.5. The molecule has 2 aliphatic rings. The van der Waals surface area contributed by atoms with Crippen LogP contribution in [0.2, 0.25) is 10.0 Å². The van der Waals surface area contributed by atoms with Crippen LogP contribution >= 0.6 is 23.2 Å². The largest absolute Gasteiger partial charge is 0.371 e. The highest BCUT2D eigenvalue weighted by Gasteiger charge is 2.31. The Morgan fingerprint density at radius 3 is 2.58 bits per heavy atom. The quantitative estimate of drug-likeness (QED) is 0.543. The number of hydrogen-bond acceptors (Lipinski definition) is 4. The zero-order valence-electron chi connectivity index (χ0n) is 18.5. The lowest BCUT2D eigenvalue weighted by Crippen LogP contribution is -2.43. The number of nitrogens with one attached hydrogen (secondary N) is 1. The molecule has 0 unspecified atom stereocenters. The molecule has 2 heterocycles. The van der Waals surface area contributed by atoms with Gasteiger partial charge in [0.15, 0.2) is 0 Å². The lowest BCUT2D eigenvalue weighted by atomic mass is 9.97. The van der Waals surface area contributed by atoms with Crippen molar-refractivity contribution in [2.45, 2.75) is 31.4 Å². The molecular formula is C24H29Cl2N3O3S. The number of carbonyl (C=O) groups excluding carboxylic acids is 1. The van der Waals surface area contributed by atoms with Gasteiger partial charge in [-0.2, -0.15) is 0 Å². The Balaban J connectivity index is 1.19. The Labute approximate surface area is 205 Å². The summed E-state index contributed by atoms with van der Waals surface area (Å²) in [7, 11) is -3.51. The van der Waals surface area contributed by atoms with Gasteiger partial charge in [-0.1, -0.05) is 47.5 Å². The van der Waals surface area contributed by atoms with Gasteiger partial charge in [0.2, 0.25) is 15.9 Å². The van der Waals surface area contributed by atoms with Crippen molar-refractivity contribution in [3.8, 4) is 0 Å². The predicted molar refractivity (Wildman–Crippen MR) is 133 cm³/mol. The molecule has 0 spiro atoms. The second kappa shape index (κ2) is 10.6. The van der Waals surface area contributed by atoms with E-state index in [9.17, 15) is 13.2 Å². The van der Waals surface area contributed by atoms with Crippen LogP contribution in [0.4, 0.5) is 5.69 Å². The number of carbonyl (C=O) groups is 1. The van der Waals surface area contributed by atoms with Crippen molar-refractivity contribution in [3.63, 3.8) is 0 Å². The smallest absolute Gasteiger partial charge is 0.223 e. The summed E-state index contributed by atoms with van der Waals surface area (Å²) in [6.45, 7) is 3.26. The fourth-order valence-electron chi connectivity index (χ4n) is 4.59. The first-order valence-electron chi connectivity index (χ1n) is 11.4. The predicted octanol–water partition coefficient (Wildman–Crippen LogP) is 4.10. The molecule has 2 aromatic rings. The minimum Gasteiger partial charge on any atom is -0.371 e. The number of nitrogens with zero attached hydrogens (tertiary/aromatic N) is 2. The molecule has 0 bridgehead atoms. The van der Waals surface area contributed by atoms with E-state index in [0.29, 0.717) is 48.1 Å². The third kappa shape index (κ3) is 6.01. The van der Waals surface area contributed by atoms with Gasteiger partial charge in [0.1, 0.15) is 0 Å². The van der Waals surface area contributed by atoms with Crippen molar-refractivity contribution in [1.82, 2.24) is 9.62 Å². The minimum absolute atomic E-state index is 0.0228. The normalized spacial score (nSPS) is 17.2. The number of rotatable bonds is 8. The van der Waals surface area contributed by atoms with Crippen LogP contribution in [0, 0.1) is 5.92 Å². The molecule has 0 atom stereocenters. The van der Waals surface area contributed by atoms with E-state index in [0.717, 1.165) is 25.9 Å². The monoisotopic (exact) mass is 509 g/mol. The average molecular weight is 510 g/mol. The lowest BCUT2D eigenvalue weighted by molar-refractivity contribution is -0.126. The van der Waals surface area contributed by atoms with Crippen molar-refractivity contribution in [3.05, 3.63) is 63.6 Å². The Morgan fingerprint density at radius 2 is 1.82 bits per heavy atom. The van der Waals surface area contributed by atoms with Gasteiger partial charge in [0, 0.05) is 54.4 Å². The molecule has 0 radical (unpaired) electrons. The van der Waals surface area contributed by atoms with Crippen LogP contribution in [0.25, 0.3) is 0 Å². The van der Waals surface area contributed by atoms with Gasteiger partial charge in [-0.05, 0) is 55.0 Å². The summed E-state index contributed by atoms with van der Waals surface area (Å²) in [6, 6.07) is 13.3. The maximum absolute atomic E-state index is 12.8. The van der Waals surface area contributed by atoms with Crippen LogP contribution in [0.1, 0.15) is 30.4 Å². The van der Waals surface area contributed by atoms with Crippen LogP contribution in [0.15, 0.2) is 42.5 Å². The molecule has 4 rings (SSSR count). The fourth-order valence-corrected chi connectivity index (χ4v) is 6.74. The average Bonchev–Trinajstić information content (AvgIpc) is 3.22. The topological polar surface area (TPSA) is 69.7 Å². The number of halogens is 2. The second-order valence-electron chi connectivity index (χ2n) is 8.68. The molecule has 6 nitrogen and oxygen atoms in total. The summed E-state index contributed by atoms with van der Waals surface area (Å²) in [5.74, 6) is -0.294. The van der Waals surface area contributed by atoms with Gasteiger partial charge in [0.05, 0.1) is 5.75 Å². The van der Waals surface area contributed by atoms with Crippen LogP contribution in [-0.2, 0) is 27.0 Å². The van der Waals surface area contributed by atoms with E-state index >= 15 is 0 Å². The maximum Gasteiger partial charge on any atom is 0.223 e. The standard InChI is InChI=1S/C24H29Cl2N3O3S/c25-21-7-6-20(22(26)16-21)17-33(31,32)29-14-9-19(10-15-29)24(30)27-11-3-12-28-13-8-18-4-1-2-5-23(18)28/h1-2,4-7,16,19H,3,8-15,17H2,(H,27,30). The summed E-state index contributed by atoms with van der Waals surface area (Å²) in [5, 5.41) is 3.86. The SMILES string of the molecule is O=C(NCCCN1CCc2ccccc21)C1CCN(S(=O)(=O)Cc2ccc(Cl)cc2Cl)CC1. The van der Waals surface area contributed by atoms with Gasteiger partial charge < -0.3 is 10.2 Å². The van der Waals surface area contributed by atoms with Crippen molar-refractivity contribution < 1.29 is 13.2 Å². The number of para-hydroxylation sites is 1. The second-order valence-corrected chi connectivity index (χ2v) is 11.5. The summed E-state index contributed by atoms with van der Waals surface area (Å²) >= 11 is 12.0. The van der Waals surface area contributed by atoms with Crippen LogP contribution in [-0.4, -0.2) is 51.4 Å². The Bertz CT molecular complexity index is 1100. The number of hydrogen-bond donors (Lipinski definition) is 1. The van der Waals surface area contributed by atoms with Gasteiger partial charge >= 0.3 is 0 Å². The highest BCUT2D eigenvalue weighted by molar-refractivity contribution is 7.88. The summed E-state index contributed by atoms with van der Waals surface area (Å²) in [4.78, 5) is 15.0. The number of fused-ring (bicyclic) bond motifs is 1. The van der Waals surface area contributed by atoms with Crippen LogP contribution in [0.3, 0.4) is 0 Å². The third-order valence-corrected chi connectivity index (χ3v) is 8.87. The molecule has 1 N–H and O–H groups in total. The molecule has 2 aliphatic heterocycles. The fraction of sp³-hybridized carbons (Fsp3) is 0.458. The molecule has 2 aromatic carbocycles. The van der Waals surface area contributed by atoms with E-state index in [2.05, 4.69) is 34.5 Å². The Morgan fingerprint density at radius 1 is 1.06 bits per heavy atom. The summed E-state index contributed by atoms with van der Waals surface area (Å²) in [6.07, 6.45) is 3.02. The van der Waals surface area contributed by atoms with Crippen molar-refractivity contribution >= 4 is 44.8 Å². The van der Waals surface area contributed by atoms with Crippen molar-refractivity contribution in [2.75, 3.05) is 37.6 Å². The summed E-state index contributed by atoms with van der Waals surface area (Å²) < 4.78 is 27.1. The third-order valence-electron chi connectivity index (χ3n) is 6.46. The molecule has 0 aliphatic carbocycles. The van der Waals surface area contributed by atoms with Gasteiger partial charge in [0.25, 0.3) is 0 Å². The first kappa shape index (κ1) is 24.3. The van der Waals surface area contributed by atoms with E-state index in [1.54, 1.807) is 18.2 Å². The molecule has 1 fully saturated rings. The minimum atomic E-state index is -3.51. The molecule has 9 heteroatoms. The van der Waals surface area contributed by atoms with E-state index in [-0.39, 0.29) is 17.6 Å².